The van der Waals surface area contributed by atoms with Crippen molar-refractivity contribution in [3.63, 3.8) is 0 Å². The van der Waals surface area contributed by atoms with Crippen molar-refractivity contribution in [3.05, 3.63) is 27.2 Å². The Morgan fingerprint density at radius 2 is 2.22 bits per heavy atom. The first-order chi connectivity index (χ1) is 8.52. The zero-order valence-corrected chi connectivity index (χ0v) is 13.5. The van der Waals surface area contributed by atoms with Crippen LogP contribution in [0, 0.1) is 6.92 Å². The Balaban J connectivity index is 2.36. The molecule has 1 heterocycles. The van der Waals surface area contributed by atoms with Crippen LogP contribution < -0.4 is 10.2 Å². The van der Waals surface area contributed by atoms with Gasteiger partial charge < -0.3 is 10.2 Å². The van der Waals surface area contributed by atoms with E-state index in [0.717, 1.165) is 34.6 Å². The normalized spacial score (nSPS) is 24.4. The minimum atomic E-state index is 0.514. The van der Waals surface area contributed by atoms with Crippen molar-refractivity contribution < 1.29 is 0 Å². The summed E-state index contributed by atoms with van der Waals surface area (Å²) in [5, 5.41) is 4.38. The van der Waals surface area contributed by atoms with Gasteiger partial charge in [0.1, 0.15) is 0 Å². The molecule has 2 nitrogen and oxygen atoms in total. The molecule has 2 rings (SSSR count). The van der Waals surface area contributed by atoms with Crippen LogP contribution in [0.1, 0.15) is 25.8 Å². The number of rotatable bonds is 2. The summed E-state index contributed by atoms with van der Waals surface area (Å²) in [7, 11) is 0. The first kappa shape index (κ1) is 14.2. The van der Waals surface area contributed by atoms with Crippen LogP contribution in [-0.2, 0) is 0 Å². The summed E-state index contributed by atoms with van der Waals surface area (Å²) in [6.07, 6.45) is 1.14. The van der Waals surface area contributed by atoms with E-state index in [4.69, 9.17) is 11.6 Å². The van der Waals surface area contributed by atoms with Gasteiger partial charge in [-0.2, -0.15) is 0 Å². The van der Waals surface area contributed by atoms with Crippen LogP contribution >= 0.6 is 27.5 Å². The highest BCUT2D eigenvalue weighted by Gasteiger charge is 2.26. The van der Waals surface area contributed by atoms with Gasteiger partial charge >= 0.3 is 0 Å². The molecule has 1 aromatic carbocycles. The molecule has 1 aliphatic rings. The molecule has 0 spiro atoms. The maximum absolute atomic E-state index is 6.27. The maximum atomic E-state index is 6.27. The number of hydrogen-bond acceptors (Lipinski definition) is 2. The molecular weight excluding hydrogens is 312 g/mol. The second-order valence-electron chi connectivity index (χ2n) is 5.08. The molecule has 1 saturated heterocycles. The molecule has 2 unspecified atom stereocenters. The van der Waals surface area contributed by atoms with Crippen molar-refractivity contribution in [2.75, 3.05) is 18.0 Å². The van der Waals surface area contributed by atoms with Gasteiger partial charge in [-0.15, -0.1) is 0 Å². The summed E-state index contributed by atoms with van der Waals surface area (Å²) in [6.45, 7) is 8.56. The van der Waals surface area contributed by atoms with Gasteiger partial charge in [0.25, 0.3) is 0 Å². The summed E-state index contributed by atoms with van der Waals surface area (Å²) in [4.78, 5) is 2.47. The van der Waals surface area contributed by atoms with E-state index in [1.165, 1.54) is 5.69 Å². The lowest BCUT2D eigenvalue weighted by atomic mass is 10.1. The maximum Gasteiger partial charge on any atom is 0.0529 e. The monoisotopic (exact) mass is 330 g/mol. The van der Waals surface area contributed by atoms with Gasteiger partial charge in [-0.25, -0.2) is 0 Å². The Kier molecular flexibility index (Phi) is 4.57. The van der Waals surface area contributed by atoms with E-state index in [-0.39, 0.29) is 0 Å². The van der Waals surface area contributed by atoms with E-state index >= 15 is 0 Å². The molecule has 0 amide bonds. The van der Waals surface area contributed by atoms with E-state index in [1.807, 2.05) is 6.92 Å². The number of halogens is 2. The third-order valence-electron chi connectivity index (χ3n) is 3.62. The fourth-order valence-corrected chi connectivity index (χ4v) is 3.32. The lowest BCUT2D eigenvalue weighted by molar-refractivity contribution is 0.402. The van der Waals surface area contributed by atoms with Gasteiger partial charge in [0.15, 0.2) is 0 Å². The predicted octanol–water partition coefficient (Wildman–Crippen LogP) is 3.99. The molecule has 0 radical (unpaired) electrons. The number of anilines is 1. The zero-order valence-electron chi connectivity index (χ0n) is 11.1. The summed E-state index contributed by atoms with van der Waals surface area (Å²) in [5.74, 6) is 0. The molecule has 1 fully saturated rings. The molecule has 18 heavy (non-hydrogen) atoms. The molecule has 0 saturated carbocycles. The second kappa shape index (κ2) is 5.81. The standard InChI is InChI=1S/C14H20BrClN2/c1-4-11-7-17-10(3)8-18(11)14-6-13(16)9(2)5-12(14)15/h5-6,10-11,17H,4,7-8H2,1-3H3. The quantitative estimate of drug-likeness (QED) is 0.881. The number of nitrogens with one attached hydrogen (secondary N) is 1. The number of hydrogen-bond donors (Lipinski definition) is 1. The van der Waals surface area contributed by atoms with Crippen molar-refractivity contribution in [3.8, 4) is 0 Å². The molecule has 1 aromatic rings. The highest BCUT2D eigenvalue weighted by molar-refractivity contribution is 9.10. The van der Waals surface area contributed by atoms with Crippen LogP contribution in [0.5, 0.6) is 0 Å². The molecular formula is C14H20BrClN2. The van der Waals surface area contributed by atoms with E-state index in [9.17, 15) is 0 Å². The topological polar surface area (TPSA) is 15.3 Å². The zero-order chi connectivity index (χ0) is 13.3. The highest BCUT2D eigenvalue weighted by atomic mass is 79.9. The third-order valence-corrected chi connectivity index (χ3v) is 4.66. The van der Waals surface area contributed by atoms with Gasteiger partial charge in [0.05, 0.1) is 5.69 Å². The first-order valence-electron chi connectivity index (χ1n) is 6.48. The lowest BCUT2D eigenvalue weighted by Gasteiger charge is -2.41. The van der Waals surface area contributed by atoms with Crippen LogP contribution in [0.3, 0.4) is 0 Å². The van der Waals surface area contributed by atoms with E-state index in [1.54, 1.807) is 0 Å². The van der Waals surface area contributed by atoms with Gasteiger partial charge in [-0.3, -0.25) is 0 Å². The fourth-order valence-electron chi connectivity index (χ4n) is 2.47. The van der Waals surface area contributed by atoms with Crippen LogP contribution in [0.15, 0.2) is 16.6 Å². The average molecular weight is 332 g/mol. The van der Waals surface area contributed by atoms with Crippen molar-refractivity contribution >= 4 is 33.2 Å². The van der Waals surface area contributed by atoms with E-state index < -0.39 is 0 Å². The van der Waals surface area contributed by atoms with Gasteiger partial charge in [0.2, 0.25) is 0 Å². The van der Waals surface area contributed by atoms with E-state index in [0.29, 0.717) is 12.1 Å². The summed E-state index contributed by atoms with van der Waals surface area (Å²) >= 11 is 9.94. The largest absolute Gasteiger partial charge is 0.365 e. The van der Waals surface area contributed by atoms with Crippen molar-refractivity contribution in [1.29, 1.82) is 0 Å². The summed E-state index contributed by atoms with van der Waals surface area (Å²) in [5.41, 5.74) is 2.33. The fraction of sp³-hybridized carbons (Fsp3) is 0.571. The summed E-state index contributed by atoms with van der Waals surface area (Å²) < 4.78 is 1.14. The Morgan fingerprint density at radius 1 is 1.50 bits per heavy atom. The van der Waals surface area contributed by atoms with Crippen LogP contribution in [0.2, 0.25) is 5.02 Å². The Hall–Kier alpha value is -0.250. The molecule has 0 aliphatic carbocycles. The van der Waals surface area contributed by atoms with Crippen LogP contribution in [0.25, 0.3) is 0 Å². The minimum Gasteiger partial charge on any atom is -0.365 e. The minimum absolute atomic E-state index is 0.514. The first-order valence-corrected chi connectivity index (χ1v) is 7.65. The van der Waals surface area contributed by atoms with E-state index in [2.05, 4.69) is 52.1 Å². The van der Waals surface area contributed by atoms with Crippen molar-refractivity contribution in [2.24, 2.45) is 0 Å². The predicted molar refractivity (Wildman–Crippen MR) is 82.8 cm³/mol. The van der Waals surface area contributed by atoms with Crippen molar-refractivity contribution in [2.45, 2.75) is 39.3 Å². The van der Waals surface area contributed by atoms with Crippen LogP contribution in [-0.4, -0.2) is 25.2 Å². The molecule has 1 aliphatic heterocycles. The van der Waals surface area contributed by atoms with Gasteiger partial charge in [0, 0.05) is 34.7 Å². The molecule has 4 heteroatoms. The molecule has 2 atom stereocenters. The number of benzene rings is 1. The lowest BCUT2D eigenvalue weighted by Crippen LogP contribution is -2.55. The number of piperazine rings is 1. The smallest absolute Gasteiger partial charge is 0.0529 e. The molecule has 100 valence electrons. The number of nitrogens with zero attached hydrogens (tertiary/aromatic N) is 1. The molecule has 0 bridgehead atoms. The third kappa shape index (κ3) is 2.84. The SMILES string of the molecule is CCC1CNC(C)CN1c1cc(Cl)c(C)cc1Br. The second-order valence-corrected chi connectivity index (χ2v) is 6.34. The molecule has 0 aromatic heterocycles. The Labute approximate surface area is 123 Å². The number of aryl methyl sites for hydroxylation is 1. The summed E-state index contributed by atoms with van der Waals surface area (Å²) in [6, 6.07) is 5.25. The van der Waals surface area contributed by atoms with Gasteiger partial charge in [-0.1, -0.05) is 18.5 Å². The average Bonchev–Trinajstić information content (AvgIpc) is 2.34. The Bertz CT molecular complexity index is 436. The Morgan fingerprint density at radius 3 is 2.89 bits per heavy atom. The van der Waals surface area contributed by atoms with Crippen LogP contribution in [0.4, 0.5) is 5.69 Å². The molecule has 1 N–H and O–H groups in total. The van der Waals surface area contributed by atoms with Crippen molar-refractivity contribution in [1.82, 2.24) is 5.32 Å². The van der Waals surface area contributed by atoms with Gasteiger partial charge in [-0.05, 0) is 53.9 Å². The highest BCUT2D eigenvalue weighted by Crippen LogP contribution is 2.34.